The van der Waals surface area contributed by atoms with Crippen LogP contribution in [0.2, 0.25) is 5.02 Å². The summed E-state index contributed by atoms with van der Waals surface area (Å²) in [6.07, 6.45) is 3.15. The van der Waals surface area contributed by atoms with Crippen LogP contribution in [0.25, 0.3) is 11.4 Å². The highest BCUT2D eigenvalue weighted by atomic mass is 35.5. The number of amides is 1. The van der Waals surface area contributed by atoms with E-state index in [4.69, 9.17) is 20.5 Å². The summed E-state index contributed by atoms with van der Waals surface area (Å²) in [5, 5.41) is 4.60. The van der Waals surface area contributed by atoms with Crippen LogP contribution in [0.15, 0.2) is 51.8 Å². The second-order valence-corrected chi connectivity index (χ2v) is 10.2. The summed E-state index contributed by atoms with van der Waals surface area (Å²) < 4.78 is 35.0. The fraction of sp³-hybridized carbons (Fsp3) is 0.316. The highest BCUT2D eigenvalue weighted by Gasteiger charge is 2.64. The van der Waals surface area contributed by atoms with Crippen molar-refractivity contribution in [3.05, 3.63) is 59.3 Å². The Morgan fingerprint density at radius 1 is 1.21 bits per heavy atom. The molecule has 2 aromatic heterocycles. The van der Waals surface area contributed by atoms with Crippen molar-refractivity contribution in [2.24, 2.45) is 0 Å². The van der Waals surface area contributed by atoms with Gasteiger partial charge in [0.15, 0.2) is 9.84 Å². The van der Waals surface area contributed by atoms with E-state index in [9.17, 15) is 13.2 Å². The van der Waals surface area contributed by atoms with Crippen molar-refractivity contribution >= 4 is 27.3 Å². The summed E-state index contributed by atoms with van der Waals surface area (Å²) in [4.78, 5) is 18.5. The van der Waals surface area contributed by atoms with Crippen molar-refractivity contribution in [3.8, 4) is 11.4 Å². The zero-order valence-corrected chi connectivity index (χ0v) is 16.7. The van der Waals surface area contributed by atoms with Gasteiger partial charge in [0, 0.05) is 23.7 Å². The number of carbonyl (C=O) groups excluding carboxylic acids is 1. The van der Waals surface area contributed by atoms with Crippen molar-refractivity contribution in [1.29, 1.82) is 0 Å². The maximum atomic E-state index is 12.9. The predicted octanol–water partition coefficient (Wildman–Crippen LogP) is 2.78. The summed E-state index contributed by atoms with van der Waals surface area (Å²) in [5.41, 5.74) is 1.12. The summed E-state index contributed by atoms with van der Waals surface area (Å²) in [6.45, 7) is 0.200. The van der Waals surface area contributed by atoms with Gasteiger partial charge in [0.25, 0.3) is 5.91 Å². The average molecular weight is 434 g/mol. The number of nitrogens with zero attached hydrogens (tertiary/aromatic N) is 3. The molecule has 5 rings (SSSR count). The van der Waals surface area contributed by atoms with Gasteiger partial charge in [0.05, 0.1) is 23.5 Å². The van der Waals surface area contributed by atoms with Crippen LogP contribution in [-0.2, 0) is 9.84 Å². The molecule has 1 spiro atoms. The van der Waals surface area contributed by atoms with Gasteiger partial charge in [0.2, 0.25) is 11.7 Å². The Kier molecular flexibility index (Phi) is 4.08. The van der Waals surface area contributed by atoms with Crippen LogP contribution in [0, 0.1) is 0 Å². The molecule has 10 heteroatoms. The number of carbonyl (C=O) groups is 1. The normalized spacial score (nSPS) is 22.0. The van der Waals surface area contributed by atoms with Crippen molar-refractivity contribution in [2.45, 2.75) is 17.1 Å². The number of likely N-dealkylation sites (tertiary alicyclic amines) is 1. The summed E-state index contributed by atoms with van der Waals surface area (Å²) >= 11 is 5.91. The predicted molar refractivity (Wildman–Crippen MR) is 103 cm³/mol. The Balaban J connectivity index is 1.42. The molecule has 3 aromatic rings. The lowest BCUT2D eigenvalue weighted by molar-refractivity contribution is 0.0503. The van der Waals surface area contributed by atoms with Crippen molar-refractivity contribution in [3.63, 3.8) is 0 Å². The first-order valence-corrected chi connectivity index (χ1v) is 11.1. The number of hydrogen-bond donors (Lipinski definition) is 0. The maximum Gasteiger partial charge on any atom is 0.257 e. The van der Waals surface area contributed by atoms with E-state index in [1.165, 1.54) is 17.4 Å². The molecule has 0 radical (unpaired) electrons. The Bertz CT molecular complexity index is 1160. The molecule has 150 valence electrons. The van der Waals surface area contributed by atoms with E-state index < -0.39 is 20.5 Å². The molecule has 1 atom stereocenters. The number of benzene rings is 1. The minimum Gasteiger partial charge on any atom is -0.472 e. The Morgan fingerprint density at radius 3 is 2.66 bits per heavy atom. The molecule has 0 saturated carbocycles. The van der Waals surface area contributed by atoms with Gasteiger partial charge in [-0.25, -0.2) is 8.42 Å². The first kappa shape index (κ1) is 18.4. The second-order valence-electron chi connectivity index (χ2n) is 7.36. The molecule has 2 saturated heterocycles. The van der Waals surface area contributed by atoms with Gasteiger partial charge in [-0.2, -0.15) is 4.98 Å². The van der Waals surface area contributed by atoms with Crippen molar-refractivity contribution in [1.82, 2.24) is 15.0 Å². The molecule has 29 heavy (non-hydrogen) atoms. The van der Waals surface area contributed by atoms with Crippen LogP contribution in [0.4, 0.5) is 0 Å². The SMILES string of the molecule is O=C(c1ccoc1)N1CC2(C1)C(c1nc(-c3ccc(Cl)cc3)no1)CCS2(=O)=O. The fourth-order valence-corrected chi connectivity index (χ4v) is 6.56. The topological polar surface area (TPSA) is 107 Å². The smallest absolute Gasteiger partial charge is 0.257 e. The van der Waals surface area contributed by atoms with Gasteiger partial charge < -0.3 is 13.8 Å². The zero-order valence-electron chi connectivity index (χ0n) is 15.1. The molecule has 2 aliphatic heterocycles. The quantitative estimate of drug-likeness (QED) is 0.625. The molecule has 0 N–H and O–H groups in total. The van der Waals surface area contributed by atoms with Crippen molar-refractivity contribution in [2.75, 3.05) is 18.8 Å². The molecule has 0 bridgehead atoms. The number of hydrogen-bond acceptors (Lipinski definition) is 7. The standard InChI is InChI=1S/C19H16ClN3O5S/c20-14-3-1-12(2-4-14)16-21-17(28-22-16)15-6-8-29(25,26)19(15)10-23(11-19)18(24)13-5-7-27-9-13/h1-5,7,9,15H,6,8,10-11H2. The minimum atomic E-state index is -3.41. The van der Waals surface area contributed by atoms with E-state index in [1.807, 2.05) is 0 Å². The van der Waals surface area contributed by atoms with E-state index in [-0.39, 0.29) is 30.6 Å². The van der Waals surface area contributed by atoms with Gasteiger partial charge in [-0.1, -0.05) is 16.8 Å². The molecular formula is C19H16ClN3O5S. The third-order valence-electron chi connectivity index (χ3n) is 5.74. The minimum absolute atomic E-state index is 0.0318. The molecular weight excluding hydrogens is 418 g/mol. The molecule has 1 unspecified atom stereocenters. The highest BCUT2D eigenvalue weighted by molar-refractivity contribution is 7.93. The summed E-state index contributed by atoms with van der Waals surface area (Å²) in [5.74, 6) is -0.00961. The first-order chi connectivity index (χ1) is 13.9. The Morgan fingerprint density at radius 2 is 1.97 bits per heavy atom. The number of sulfone groups is 1. The van der Waals surface area contributed by atoms with E-state index in [0.717, 1.165) is 5.56 Å². The van der Waals surface area contributed by atoms with E-state index in [2.05, 4.69) is 10.1 Å². The van der Waals surface area contributed by atoms with Gasteiger partial charge in [-0.3, -0.25) is 4.79 Å². The molecule has 8 nitrogen and oxygen atoms in total. The van der Waals surface area contributed by atoms with Gasteiger partial charge in [0.1, 0.15) is 11.0 Å². The van der Waals surface area contributed by atoms with Crippen LogP contribution in [0.1, 0.15) is 28.6 Å². The lowest BCUT2D eigenvalue weighted by atomic mass is 9.82. The summed E-state index contributed by atoms with van der Waals surface area (Å²) in [6, 6.07) is 8.55. The molecule has 1 aromatic carbocycles. The zero-order chi connectivity index (χ0) is 20.2. The summed E-state index contributed by atoms with van der Waals surface area (Å²) in [7, 11) is -3.41. The highest BCUT2D eigenvalue weighted by Crippen LogP contribution is 2.50. The Hall–Kier alpha value is -2.65. The third kappa shape index (κ3) is 2.79. The van der Waals surface area contributed by atoms with Crippen LogP contribution in [0.3, 0.4) is 0 Å². The van der Waals surface area contributed by atoms with Gasteiger partial charge >= 0.3 is 0 Å². The lowest BCUT2D eigenvalue weighted by Gasteiger charge is -2.48. The van der Waals surface area contributed by atoms with E-state index in [0.29, 0.717) is 22.8 Å². The fourth-order valence-electron chi connectivity index (χ4n) is 4.13. The monoisotopic (exact) mass is 433 g/mol. The molecule has 0 aliphatic carbocycles. The molecule has 2 fully saturated rings. The number of furan rings is 1. The molecule has 1 amide bonds. The number of halogens is 1. The number of rotatable bonds is 3. The second kappa shape index (κ2) is 6.43. The third-order valence-corrected chi connectivity index (χ3v) is 8.55. The largest absolute Gasteiger partial charge is 0.472 e. The van der Waals surface area contributed by atoms with Crippen LogP contribution >= 0.6 is 11.6 Å². The average Bonchev–Trinajstić information content (AvgIpc) is 3.39. The lowest BCUT2D eigenvalue weighted by Crippen LogP contribution is -2.67. The van der Waals surface area contributed by atoms with Crippen molar-refractivity contribution < 1.29 is 22.2 Å². The first-order valence-electron chi connectivity index (χ1n) is 9.03. The van der Waals surface area contributed by atoms with Crippen LogP contribution in [0.5, 0.6) is 0 Å². The van der Waals surface area contributed by atoms with Crippen LogP contribution < -0.4 is 0 Å². The van der Waals surface area contributed by atoms with Gasteiger partial charge in [-0.15, -0.1) is 0 Å². The van der Waals surface area contributed by atoms with Crippen LogP contribution in [-0.4, -0.2) is 53.0 Å². The maximum absolute atomic E-state index is 12.9. The number of aromatic nitrogens is 2. The van der Waals surface area contributed by atoms with E-state index in [1.54, 1.807) is 30.3 Å². The van der Waals surface area contributed by atoms with E-state index >= 15 is 0 Å². The molecule has 2 aliphatic rings. The Labute approximate surface area is 171 Å². The van der Waals surface area contributed by atoms with Gasteiger partial charge in [-0.05, 0) is 36.8 Å². The molecule has 4 heterocycles.